The number of rotatable bonds is 8. The van der Waals surface area contributed by atoms with Gasteiger partial charge in [0.2, 0.25) is 5.91 Å². The lowest BCUT2D eigenvalue weighted by Gasteiger charge is -2.32. The number of methoxy groups -OCH3 is 2. The minimum Gasteiger partial charge on any atom is -0.497 e. The molecule has 0 radical (unpaired) electrons. The van der Waals surface area contributed by atoms with E-state index in [-0.39, 0.29) is 24.5 Å². The number of carbonyl (C=O) groups excluding carboxylic acids is 2. The fourth-order valence-corrected chi connectivity index (χ4v) is 2.74. The fourth-order valence-electron chi connectivity index (χ4n) is 2.74. The van der Waals surface area contributed by atoms with E-state index in [9.17, 15) is 9.59 Å². The number of carbonyl (C=O) groups is 2. The molecule has 0 saturated carbocycles. The van der Waals surface area contributed by atoms with Crippen molar-refractivity contribution in [3.63, 3.8) is 0 Å². The van der Waals surface area contributed by atoms with Gasteiger partial charge in [0, 0.05) is 31.8 Å². The van der Waals surface area contributed by atoms with Crippen LogP contribution >= 0.6 is 0 Å². The van der Waals surface area contributed by atoms with E-state index >= 15 is 0 Å². The molecule has 0 atom stereocenters. The van der Waals surface area contributed by atoms with Gasteiger partial charge in [-0.25, -0.2) is 0 Å². The Balaban J connectivity index is 1.75. The first-order valence-electron chi connectivity index (χ1n) is 8.43. The van der Waals surface area contributed by atoms with Gasteiger partial charge in [-0.05, 0) is 31.0 Å². The Labute approximate surface area is 148 Å². The molecule has 0 spiro atoms. The summed E-state index contributed by atoms with van der Waals surface area (Å²) in [7, 11) is 3.17. The summed E-state index contributed by atoms with van der Waals surface area (Å²) in [6.07, 6.45) is 1.47. The Morgan fingerprint density at radius 1 is 1.20 bits per heavy atom. The summed E-state index contributed by atoms with van der Waals surface area (Å²) in [6, 6.07) is 7.23. The second-order valence-electron chi connectivity index (χ2n) is 5.91. The molecule has 0 bridgehead atoms. The molecular weight excluding hydrogens is 324 g/mol. The number of likely N-dealkylation sites (tertiary alicyclic amines) is 1. The first kappa shape index (κ1) is 19.2. The van der Waals surface area contributed by atoms with E-state index in [1.54, 1.807) is 26.4 Å². The van der Waals surface area contributed by atoms with Crippen LogP contribution in [0.2, 0.25) is 0 Å². The highest BCUT2D eigenvalue weighted by Gasteiger charge is 2.24. The molecular formula is C18H26N2O5. The Morgan fingerprint density at radius 3 is 2.64 bits per heavy atom. The summed E-state index contributed by atoms with van der Waals surface area (Å²) in [5.41, 5.74) is 0.619. The number of hydrogen-bond acceptors (Lipinski definition) is 5. The molecule has 1 aliphatic heterocycles. The maximum absolute atomic E-state index is 12.6. The van der Waals surface area contributed by atoms with Gasteiger partial charge < -0.3 is 24.4 Å². The summed E-state index contributed by atoms with van der Waals surface area (Å²) in [4.78, 5) is 26.2. The molecule has 2 rings (SSSR count). The van der Waals surface area contributed by atoms with E-state index in [1.165, 1.54) is 0 Å². The molecule has 1 aliphatic rings. The van der Waals surface area contributed by atoms with Crippen molar-refractivity contribution in [3.05, 3.63) is 29.8 Å². The zero-order valence-corrected chi connectivity index (χ0v) is 14.8. The average molecular weight is 350 g/mol. The van der Waals surface area contributed by atoms with E-state index in [1.807, 2.05) is 17.0 Å². The van der Waals surface area contributed by atoms with Crippen LogP contribution in [0.15, 0.2) is 24.3 Å². The van der Waals surface area contributed by atoms with E-state index in [0.29, 0.717) is 37.6 Å². The number of ether oxygens (including phenoxy) is 3. The highest BCUT2D eigenvalue weighted by Crippen LogP contribution is 2.17. The van der Waals surface area contributed by atoms with Crippen molar-refractivity contribution in [2.45, 2.75) is 18.9 Å². The number of benzene rings is 1. The smallest absolute Gasteiger partial charge is 0.253 e. The fraction of sp³-hybridized carbons (Fsp3) is 0.556. The maximum Gasteiger partial charge on any atom is 0.253 e. The summed E-state index contributed by atoms with van der Waals surface area (Å²) >= 11 is 0. The predicted molar refractivity (Wildman–Crippen MR) is 92.8 cm³/mol. The van der Waals surface area contributed by atoms with Crippen LogP contribution in [0, 0.1) is 0 Å². The van der Waals surface area contributed by atoms with Gasteiger partial charge in [0.1, 0.15) is 12.4 Å². The minimum absolute atomic E-state index is 0.00780. The van der Waals surface area contributed by atoms with Crippen molar-refractivity contribution in [3.8, 4) is 5.75 Å². The van der Waals surface area contributed by atoms with Crippen LogP contribution < -0.4 is 10.1 Å². The van der Waals surface area contributed by atoms with Crippen LogP contribution in [-0.4, -0.2) is 69.9 Å². The molecule has 0 aliphatic carbocycles. The van der Waals surface area contributed by atoms with Gasteiger partial charge in [-0.3, -0.25) is 9.59 Å². The van der Waals surface area contributed by atoms with Crippen LogP contribution in [0.3, 0.4) is 0 Å². The van der Waals surface area contributed by atoms with Gasteiger partial charge in [0.15, 0.2) is 0 Å². The highest BCUT2D eigenvalue weighted by molar-refractivity contribution is 5.94. The van der Waals surface area contributed by atoms with Crippen LogP contribution in [0.4, 0.5) is 0 Å². The minimum atomic E-state index is -0.131. The predicted octanol–water partition coefficient (Wildman–Crippen LogP) is 1.08. The highest BCUT2D eigenvalue weighted by atomic mass is 16.5. The number of nitrogens with zero attached hydrogens (tertiary/aromatic N) is 1. The lowest BCUT2D eigenvalue weighted by Crippen LogP contribution is -2.47. The molecule has 2 amide bonds. The first-order chi connectivity index (χ1) is 12.1. The lowest BCUT2D eigenvalue weighted by atomic mass is 10.0. The van der Waals surface area contributed by atoms with Gasteiger partial charge in [0.25, 0.3) is 5.91 Å². The molecule has 7 nitrogen and oxygen atoms in total. The number of hydrogen-bond donors (Lipinski definition) is 1. The molecule has 1 saturated heterocycles. The molecule has 7 heteroatoms. The van der Waals surface area contributed by atoms with Crippen molar-refractivity contribution in [1.29, 1.82) is 0 Å². The molecule has 25 heavy (non-hydrogen) atoms. The van der Waals surface area contributed by atoms with Gasteiger partial charge in [0.05, 0.1) is 20.3 Å². The molecule has 0 aromatic heterocycles. The second-order valence-corrected chi connectivity index (χ2v) is 5.91. The first-order valence-corrected chi connectivity index (χ1v) is 8.43. The van der Waals surface area contributed by atoms with E-state index < -0.39 is 0 Å². The third-order valence-corrected chi connectivity index (χ3v) is 4.13. The molecule has 1 aromatic rings. The van der Waals surface area contributed by atoms with Gasteiger partial charge >= 0.3 is 0 Å². The molecule has 1 aromatic carbocycles. The quantitative estimate of drug-likeness (QED) is 0.710. The SMILES string of the molecule is COCCOCC(=O)NC1CCN(C(=O)c2cccc(OC)c2)CC1. The molecule has 0 unspecified atom stereocenters. The van der Waals surface area contributed by atoms with E-state index in [2.05, 4.69) is 5.32 Å². The normalized spacial score (nSPS) is 15.0. The van der Waals surface area contributed by atoms with Crippen LogP contribution in [-0.2, 0) is 14.3 Å². The number of nitrogens with one attached hydrogen (secondary N) is 1. The van der Waals surface area contributed by atoms with Gasteiger partial charge in [-0.15, -0.1) is 0 Å². The summed E-state index contributed by atoms with van der Waals surface area (Å²) in [5, 5.41) is 2.95. The number of amides is 2. The van der Waals surface area contributed by atoms with Crippen molar-refractivity contribution in [1.82, 2.24) is 10.2 Å². The molecule has 138 valence electrons. The van der Waals surface area contributed by atoms with Crippen LogP contribution in [0.5, 0.6) is 5.75 Å². The molecule has 1 fully saturated rings. The van der Waals surface area contributed by atoms with Crippen LogP contribution in [0.1, 0.15) is 23.2 Å². The van der Waals surface area contributed by atoms with Gasteiger partial charge in [-0.1, -0.05) is 6.07 Å². The molecule has 1 heterocycles. The average Bonchev–Trinajstić information content (AvgIpc) is 2.65. The third-order valence-electron chi connectivity index (χ3n) is 4.13. The van der Waals surface area contributed by atoms with E-state index in [0.717, 1.165) is 12.8 Å². The topological polar surface area (TPSA) is 77.1 Å². The lowest BCUT2D eigenvalue weighted by molar-refractivity contribution is -0.127. The monoisotopic (exact) mass is 350 g/mol. The Kier molecular flexibility index (Phi) is 7.69. The Hall–Kier alpha value is -2.12. The van der Waals surface area contributed by atoms with Crippen molar-refractivity contribution < 1.29 is 23.8 Å². The third kappa shape index (κ3) is 6.03. The summed E-state index contributed by atoms with van der Waals surface area (Å²) in [6.45, 7) is 2.14. The van der Waals surface area contributed by atoms with Crippen molar-refractivity contribution in [2.75, 3.05) is 47.1 Å². The number of piperidine rings is 1. The Bertz CT molecular complexity index is 570. The van der Waals surface area contributed by atoms with Crippen molar-refractivity contribution in [2.24, 2.45) is 0 Å². The maximum atomic E-state index is 12.6. The summed E-state index contributed by atoms with van der Waals surface area (Å²) in [5.74, 6) is 0.529. The van der Waals surface area contributed by atoms with Gasteiger partial charge in [-0.2, -0.15) is 0 Å². The van der Waals surface area contributed by atoms with E-state index in [4.69, 9.17) is 14.2 Å². The largest absolute Gasteiger partial charge is 0.497 e. The molecule has 1 N–H and O–H groups in total. The second kappa shape index (κ2) is 10.0. The standard InChI is InChI=1S/C18H26N2O5/c1-23-10-11-25-13-17(21)19-15-6-8-20(9-7-15)18(22)14-4-3-5-16(12-14)24-2/h3-5,12,15H,6-11,13H2,1-2H3,(H,19,21). The van der Waals surface area contributed by atoms with Crippen molar-refractivity contribution >= 4 is 11.8 Å². The Morgan fingerprint density at radius 2 is 1.96 bits per heavy atom. The zero-order valence-electron chi connectivity index (χ0n) is 14.8. The van der Waals surface area contributed by atoms with Crippen LogP contribution in [0.25, 0.3) is 0 Å². The zero-order chi connectivity index (χ0) is 18.1. The summed E-state index contributed by atoms with van der Waals surface area (Å²) < 4.78 is 15.2.